The van der Waals surface area contributed by atoms with Gasteiger partial charge in [0.2, 0.25) is 26.0 Å². The molecular weight excluding hydrogens is 571 g/mol. The van der Waals surface area contributed by atoms with Gasteiger partial charge in [0.15, 0.2) is 0 Å². The Morgan fingerprint density at radius 2 is 1.78 bits per heavy atom. The molecule has 0 bridgehead atoms. The number of aromatic amines is 1. The fourth-order valence-electron chi connectivity index (χ4n) is 4.64. The summed E-state index contributed by atoms with van der Waals surface area (Å²) in [4.78, 5) is 19.0. The molecule has 5 rings (SSSR count). The number of H-pyrrole nitrogens is 1. The molecule has 0 saturated carbocycles. The number of nitrogens with zero attached hydrogens (tertiary/aromatic N) is 1. The Kier molecular flexibility index (Phi) is 7.93. The number of amides is 1. The molecule has 13 heteroatoms. The zero-order chi connectivity index (χ0) is 29.2. The molecule has 1 saturated heterocycles. The number of sulfonamides is 2. The van der Waals surface area contributed by atoms with E-state index >= 15 is 0 Å². The number of hydrogen-bond donors (Lipinski definition) is 3. The van der Waals surface area contributed by atoms with Crippen molar-refractivity contribution in [3.63, 3.8) is 0 Å². The van der Waals surface area contributed by atoms with Crippen LogP contribution in [0.2, 0.25) is 0 Å². The summed E-state index contributed by atoms with van der Waals surface area (Å²) in [6, 6.07) is 17.9. The van der Waals surface area contributed by atoms with Crippen LogP contribution in [0, 0.1) is 5.82 Å². The molecule has 41 heavy (non-hydrogen) atoms. The number of carbonyl (C=O) groups excluding carboxylic acids is 1. The monoisotopic (exact) mass is 598 g/mol. The number of imidazole rings is 1. The van der Waals surface area contributed by atoms with Gasteiger partial charge in [-0.3, -0.25) is 9.52 Å². The molecule has 1 aliphatic rings. The van der Waals surface area contributed by atoms with E-state index in [0.717, 1.165) is 29.1 Å². The van der Waals surface area contributed by atoms with Crippen LogP contribution in [0.5, 0.6) is 5.75 Å². The minimum Gasteiger partial charge on any atom is -0.497 e. The normalized spacial score (nSPS) is 17.2. The summed E-state index contributed by atoms with van der Waals surface area (Å²) in [7, 11) is -6.35. The molecule has 10 nitrogen and oxygen atoms in total. The second kappa shape index (κ2) is 11.4. The molecule has 2 unspecified atom stereocenters. The van der Waals surface area contributed by atoms with Crippen molar-refractivity contribution in [2.45, 2.75) is 35.4 Å². The maximum atomic E-state index is 13.8. The van der Waals surface area contributed by atoms with Crippen LogP contribution in [0.25, 0.3) is 0 Å². The predicted molar refractivity (Wildman–Crippen MR) is 148 cm³/mol. The van der Waals surface area contributed by atoms with Crippen LogP contribution >= 0.6 is 0 Å². The lowest BCUT2D eigenvalue weighted by atomic mass is 10.0. The second-order valence-electron chi connectivity index (χ2n) is 9.66. The van der Waals surface area contributed by atoms with Crippen molar-refractivity contribution in [1.82, 2.24) is 19.4 Å². The van der Waals surface area contributed by atoms with Crippen molar-refractivity contribution in [1.29, 1.82) is 0 Å². The summed E-state index contributed by atoms with van der Waals surface area (Å²) in [5, 5.41) is -0.989. The molecule has 0 spiro atoms. The first-order valence-corrected chi connectivity index (χ1v) is 15.6. The number of nitrogens with one attached hydrogen (secondary N) is 3. The van der Waals surface area contributed by atoms with Crippen molar-refractivity contribution in [2.75, 3.05) is 7.11 Å². The van der Waals surface area contributed by atoms with E-state index in [-0.39, 0.29) is 17.7 Å². The van der Waals surface area contributed by atoms with Crippen LogP contribution in [0.15, 0.2) is 83.9 Å². The summed E-state index contributed by atoms with van der Waals surface area (Å²) in [6.45, 7) is 0. The van der Waals surface area contributed by atoms with Crippen LogP contribution in [0.4, 0.5) is 4.39 Å². The average molecular weight is 599 g/mol. The molecule has 0 aliphatic carbocycles. The summed E-state index contributed by atoms with van der Waals surface area (Å²) >= 11 is 0. The molecule has 0 radical (unpaired) electrons. The number of rotatable bonds is 10. The van der Waals surface area contributed by atoms with E-state index in [2.05, 4.69) is 14.7 Å². The highest BCUT2D eigenvalue weighted by Gasteiger charge is 2.37. The van der Waals surface area contributed by atoms with Crippen molar-refractivity contribution in [3.05, 3.63) is 113 Å². The number of carbonyl (C=O) groups is 1. The number of halogens is 1. The molecule has 214 valence electrons. The van der Waals surface area contributed by atoms with Gasteiger partial charge < -0.3 is 9.72 Å². The maximum Gasteiger partial charge on any atom is 0.242 e. The molecule has 1 aliphatic heterocycles. The van der Waals surface area contributed by atoms with Gasteiger partial charge in [-0.2, -0.15) is 0 Å². The van der Waals surface area contributed by atoms with Crippen molar-refractivity contribution >= 4 is 26.0 Å². The van der Waals surface area contributed by atoms with Gasteiger partial charge in [0.1, 0.15) is 22.6 Å². The van der Waals surface area contributed by atoms with Gasteiger partial charge >= 0.3 is 0 Å². The molecule has 3 N–H and O–H groups in total. The quantitative estimate of drug-likeness (QED) is 0.254. The Balaban J connectivity index is 1.41. The third kappa shape index (κ3) is 6.64. The van der Waals surface area contributed by atoms with E-state index in [1.54, 1.807) is 37.6 Å². The SMILES string of the molecule is COc1ccc(Cc2cnc(C(Cc3ccc(C4CC(=O)NS4(=O)=O)cc3)NS(=O)(=O)c3cccc(F)c3)[nH]2)cc1. The van der Waals surface area contributed by atoms with E-state index in [4.69, 9.17) is 4.74 Å². The second-order valence-corrected chi connectivity index (χ2v) is 13.2. The lowest BCUT2D eigenvalue weighted by Crippen LogP contribution is -2.31. The summed E-state index contributed by atoms with van der Waals surface area (Å²) in [5.41, 5.74) is 2.87. The highest BCUT2D eigenvalue weighted by Crippen LogP contribution is 2.31. The van der Waals surface area contributed by atoms with E-state index in [1.807, 2.05) is 29.0 Å². The van der Waals surface area contributed by atoms with E-state index in [9.17, 15) is 26.0 Å². The van der Waals surface area contributed by atoms with Crippen molar-refractivity contribution in [3.8, 4) is 5.75 Å². The molecular formula is C28H27FN4O6S2. The van der Waals surface area contributed by atoms with Gasteiger partial charge in [-0.15, -0.1) is 0 Å². The lowest BCUT2D eigenvalue weighted by molar-refractivity contribution is -0.118. The number of ether oxygens (including phenoxy) is 1. The molecule has 1 amide bonds. The average Bonchev–Trinajstić information content (AvgIpc) is 3.51. The van der Waals surface area contributed by atoms with Gasteiger partial charge in [0, 0.05) is 18.3 Å². The van der Waals surface area contributed by atoms with Gasteiger partial charge in [-0.1, -0.05) is 42.5 Å². The maximum absolute atomic E-state index is 13.8. The Hall–Kier alpha value is -4.07. The third-order valence-corrected chi connectivity index (χ3v) is 9.90. The van der Waals surface area contributed by atoms with Crippen molar-refractivity contribution < 1.29 is 30.8 Å². The van der Waals surface area contributed by atoms with Gasteiger partial charge in [-0.25, -0.2) is 30.9 Å². The number of hydrogen-bond acceptors (Lipinski definition) is 7. The Bertz CT molecular complexity index is 1770. The van der Waals surface area contributed by atoms with E-state index < -0.39 is 43.1 Å². The Labute approximate surface area is 237 Å². The molecule has 4 aromatic rings. The molecule has 2 atom stereocenters. The fraction of sp³-hybridized carbons (Fsp3) is 0.214. The topological polar surface area (TPSA) is 147 Å². The van der Waals surface area contributed by atoms with Crippen molar-refractivity contribution in [2.24, 2.45) is 0 Å². The van der Waals surface area contributed by atoms with E-state index in [1.165, 1.54) is 12.1 Å². The predicted octanol–water partition coefficient (Wildman–Crippen LogP) is 3.30. The van der Waals surface area contributed by atoms with Crippen LogP contribution in [-0.4, -0.2) is 39.8 Å². The Morgan fingerprint density at radius 3 is 2.41 bits per heavy atom. The summed E-state index contributed by atoms with van der Waals surface area (Å²) < 4.78 is 74.6. The smallest absolute Gasteiger partial charge is 0.242 e. The number of methoxy groups -OCH3 is 1. The number of benzene rings is 3. The first-order valence-electron chi connectivity index (χ1n) is 12.6. The first kappa shape index (κ1) is 28.5. The van der Waals surface area contributed by atoms with Gasteiger partial charge in [0.25, 0.3) is 0 Å². The lowest BCUT2D eigenvalue weighted by Gasteiger charge is -2.18. The van der Waals surface area contributed by atoms with Crippen LogP contribution < -0.4 is 14.2 Å². The fourth-order valence-corrected chi connectivity index (χ4v) is 7.30. The summed E-state index contributed by atoms with van der Waals surface area (Å²) in [6.07, 6.45) is 2.12. The zero-order valence-corrected chi connectivity index (χ0v) is 23.5. The van der Waals surface area contributed by atoms with Crippen LogP contribution in [0.1, 0.15) is 45.9 Å². The zero-order valence-electron chi connectivity index (χ0n) is 21.9. The van der Waals surface area contributed by atoms with Gasteiger partial charge in [0.05, 0.1) is 24.5 Å². The van der Waals surface area contributed by atoms with Crippen LogP contribution in [0.3, 0.4) is 0 Å². The van der Waals surface area contributed by atoms with Crippen LogP contribution in [-0.2, 0) is 37.7 Å². The third-order valence-electron chi connectivity index (χ3n) is 6.73. The minimum atomic E-state index is -4.14. The highest BCUT2D eigenvalue weighted by molar-refractivity contribution is 7.90. The summed E-state index contributed by atoms with van der Waals surface area (Å²) in [5.74, 6) is -0.167. The van der Waals surface area contributed by atoms with E-state index in [0.29, 0.717) is 23.4 Å². The minimum absolute atomic E-state index is 0.152. The highest BCUT2D eigenvalue weighted by atomic mass is 32.2. The molecule has 1 fully saturated rings. The molecule has 1 aromatic heterocycles. The van der Waals surface area contributed by atoms with Gasteiger partial charge in [-0.05, 0) is 53.4 Å². The largest absolute Gasteiger partial charge is 0.497 e. The number of aromatic nitrogens is 2. The molecule has 3 aromatic carbocycles. The Morgan fingerprint density at radius 1 is 1.07 bits per heavy atom. The molecule has 2 heterocycles. The first-order chi connectivity index (χ1) is 19.5. The standard InChI is InChI=1S/C28H27FN4O6S2/c1-39-23-11-7-18(8-12-23)13-22-17-30-28(31-22)25(32-40(35,36)24-4-2-3-21(29)15-24)14-19-5-9-20(10-6-19)26-16-27(34)33-41(26,37)38/h2-12,15,17,25-26,32H,13-14,16H2,1H3,(H,30,31)(H,33,34).